The maximum absolute atomic E-state index is 12.3. The third kappa shape index (κ3) is 3.05. The maximum atomic E-state index is 12.3. The second-order valence-corrected chi connectivity index (χ2v) is 6.16. The van der Waals surface area contributed by atoms with Crippen molar-refractivity contribution in [3.05, 3.63) is 27.3 Å². The fraction of sp³-hybridized carbons (Fsp3) is 0.333. The van der Waals surface area contributed by atoms with E-state index in [1.807, 2.05) is 35.8 Å². The smallest absolute Gasteiger partial charge is 0.267 e. The van der Waals surface area contributed by atoms with E-state index in [0.29, 0.717) is 17.2 Å². The highest BCUT2D eigenvalue weighted by Crippen LogP contribution is 2.28. The van der Waals surface area contributed by atoms with E-state index >= 15 is 0 Å². The summed E-state index contributed by atoms with van der Waals surface area (Å²) in [6, 6.07) is 2.01. The lowest BCUT2D eigenvalue weighted by Crippen LogP contribution is -2.25. The van der Waals surface area contributed by atoms with E-state index in [1.54, 1.807) is 23.3 Å². The number of anilines is 2. The average molecular weight is 296 g/mol. The van der Waals surface area contributed by atoms with Crippen LogP contribution in [0.15, 0.2) is 16.8 Å². The second kappa shape index (κ2) is 5.58. The molecular formula is C12H16N4OS2. The lowest BCUT2D eigenvalue weighted by molar-refractivity contribution is 0.0791. The van der Waals surface area contributed by atoms with Crippen molar-refractivity contribution in [3.8, 4) is 0 Å². The Balaban J connectivity index is 2.14. The van der Waals surface area contributed by atoms with Gasteiger partial charge in [0, 0.05) is 27.7 Å². The first kappa shape index (κ1) is 13.8. The van der Waals surface area contributed by atoms with Crippen molar-refractivity contribution in [2.24, 2.45) is 0 Å². The molecule has 2 aromatic rings. The van der Waals surface area contributed by atoms with Crippen molar-refractivity contribution in [1.29, 1.82) is 0 Å². The number of nitrogen functional groups attached to an aromatic ring is 1. The predicted molar refractivity (Wildman–Crippen MR) is 81.0 cm³/mol. The zero-order chi connectivity index (χ0) is 14.0. The Morgan fingerprint density at radius 2 is 2.16 bits per heavy atom. The average Bonchev–Trinajstić information content (AvgIpc) is 2.97. The van der Waals surface area contributed by atoms with Crippen LogP contribution in [0.5, 0.6) is 0 Å². The van der Waals surface area contributed by atoms with Gasteiger partial charge in [-0.3, -0.25) is 4.79 Å². The summed E-state index contributed by atoms with van der Waals surface area (Å²) >= 11 is 2.94. The van der Waals surface area contributed by atoms with Crippen molar-refractivity contribution >= 4 is 39.5 Å². The minimum Gasteiger partial charge on any atom is -0.382 e. The Morgan fingerprint density at radius 3 is 2.68 bits per heavy atom. The van der Waals surface area contributed by atoms with Gasteiger partial charge in [-0.15, -0.1) is 0 Å². The van der Waals surface area contributed by atoms with Crippen LogP contribution in [-0.2, 0) is 6.54 Å². The van der Waals surface area contributed by atoms with E-state index in [1.165, 1.54) is 11.3 Å². The van der Waals surface area contributed by atoms with Gasteiger partial charge in [-0.25, -0.2) is 4.98 Å². The number of hydrogen-bond donors (Lipinski definition) is 1. The molecule has 1 amide bonds. The molecule has 0 aliphatic rings. The number of rotatable bonds is 4. The quantitative estimate of drug-likeness (QED) is 0.939. The van der Waals surface area contributed by atoms with Gasteiger partial charge < -0.3 is 15.5 Å². The Morgan fingerprint density at radius 1 is 1.42 bits per heavy atom. The lowest BCUT2D eigenvalue weighted by Gasteiger charge is -2.15. The Kier molecular flexibility index (Phi) is 4.06. The number of nitrogens with two attached hydrogens (primary N) is 1. The molecule has 0 bridgehead atoms. The largest absolute Gasteiger partial charge is 0.382 e. The summed E-state index contributed by atoms with van der Waals surface area (Å²) < 4.78 is 0. The topological polar surface area (TPSA) is 62.5 Å². The Bertz CT molecular complexity index is 562. The highest BCUT2D eigenvalue weighted by molar-refractivity contribution is 7.18. The fourth-order valence-electron chi connectivity index (χ4n) is 1.57. The standard InChI is InChI=1S/C12H16N4OS2/c1-15(2)12-14-10(13)9(19-12)11(17)16(3)6-8-4-5-18-7-8/h4-5,7H,6,13H2,1-3H3. The van der Waals surface area contributed by atoms with Crippen LogP contribution in [-0.4, -0.2) is 36.9 Å². The van der Waals surface area contributed by atoms with Gasteiger partial charge >= 0.3 is 0 Å². The molecule has 2 aromatic heterocycles. The van der Waals surface area contributed by atoms with Gasteiger partial charge in [0.15, 0.2) is 5.13 Å². The van der Waals surface area contributed by atoms with E-state index in [4.69, 9.17) is 5.73 Å². The number of hydrogen-bond acceptors (Lipinski definition) is 6. The summed E-state index contributed by atoms with van der Waals surface area (Å²) in [5, 5.41) is 4.77. The molecule has 5 nitrogen and oxygen atoms in total. The van der Waals surface area contributed by atoms with Crippen LogP contribution in [0, 0.1) is 0 Å². The molecule has 2 rings (SSSR count). The van der Waals surface area contributed by atoms with Gasteiger partial charge in [0.25, 0.3) is 5.91 Å². The number of carbonyl (C=O) groups excluding carboxylic acids is 1. The number of thiazole rings is 1. The summed E-state index contributed by atoms with van der Waals surface area (Å²) in [4.78, 5) is 20.5. The first-order chi connectivity index (χ1) is 8.99. The molecule has 2 heterocycles. The molecule has 0 aromatic carbocycles. The second-order valence-electron chi connectivity index (χ2n) is 4.40. The first-order valence-corrected chi connectivity index (χ1v) is 7.45. The van der Waals surface area contributed by atoms with Crippen molar-refractivity contribution < 1.29 is 4.79 Å². The summed E-state index contributed by atoms with van der Waals surface area (Å²) in [5.41, 5.74) is 6.94. The summed E-state index contributed by atoms with van der Waals surface area (Å²) in [7, 11) is 5.53. The van der Waals surface area contributed by atoms with E-state index in [0.717, 1.165) is 10.7 Å². The molecule has 0 atom stereocenters. The van der Waals surface area contributed by atoms with Gasteiger partial charge in [-0.1, -0.05) is 11.3 Å². The van der Waals surface area contributed by atoms with Crippen LogP contribution in [0.2, 0.25) is 0 Å². The molecule has 0 aliphatic carbocycles. The molecule has 102 valence electrons. The number of amides is 1. The zero-order valence-corrected chi connectivity index (χ0v) is 12.7. The molecule has 0 aliphatic heterocycles. The van der Waals surface area contributed by atoms with Crippen LogP contribution in [0.1, 0.15) is 15.2 Å². The van der Waals surface area contributed by atoms with Gasteiger partial charge in [0.2, 0.25) is 0 Å². The van der Waals surface area contributed by atoms with Crippen molar-refractivity contribution in [1.82, 2.24) is 9.88 Å². The van der Waals surface area contributed by atoms with Gasteiger partial charge in [-0.05, 0) is 22.4 Å². The summed E-state index contributed by atoms with van der Waals surface area (Å²) in [5.74, 6) is 0.213. The lowest BCUT2D eigenvalue weighted by atomic mass is 10.3. The van der Waals surface area contributed by atoms with Crippen LogP contribution in [0.3, 0.4) is 0 Å². The van der Waals surface area contributed by atoms with Crippen LogP contribution >= 0.6 is 22.7 Å². The minimum absolute atomic E-state index is 0.0886. The van der Waals surface area contributed by atoms with Gasteiger partial charge in [0.1, 0.15) is 10.7 Å². The third-order valence-corrected chi connectivity index (χ3v) is 4.52. The number of carbonyl (C=O) groups is 1. The van der Waals surface area contributed by atoms with Gasteiger partial charge in [0.05, 0.1) is 0 Å². The monoisotopic (exact) mass is 296 g/mol. The molecule has 19 heavy (non-hydrogen) atoms. The van der Waals surface area contributed by atoms with E-state index < -0.39 is 0 Å². The van der Waals surface area contributed by atoms with E-state index in [-0.39, 0.29) is 5.91 Å². The zero-order valence-electron chi connectivity index (χ0n) is 11.1. The molecule has 0 fully saturated rings. The molecule has 2 N–H and O–H groups in total. The van der Waals surface area contributed by atoms with E-state index in [9.17, 15) is 4.79 Å². The first-order valence-electron chi connectivity index (χ1n) is 5.69. The number of thiophene rings is 1. The maximum Gasteiger partial charge on any atom is 0.267 e. The summed E-state index contributed by atoms with van der Waals surface area (Å²) in [6.07, 6.45) is 0. The van der Waals surface area contributed by atoms with E-state index in [2.05, 4.69) is 4.98 Å². The molecule has 7 heteroatoms. The Hall–Kier alpha value is -1.60. The molecule has 0 spiro atoms. The normalized spacial score (nSPS) is 10.5. The van der Waals surface area contributed by atoms with Crippen LogP contribution in [0.25, 0.3) is 0 Å². The van der Waals surface area contributed by atoms with Crippen molar-refractivity contribution in [2.45, 2.75) is 6.54 Å². The van der Waals surface area contributed by atoms with Gasteiger partial charge in [-0.2, -0.15) is 11.3 Å². The molecule has 0 radical (unpaired) electrons. The minimum atomic E-state index is -0.0886. The molecule has 0 saturated heterocycles. The molecule has 0 unspecified atom stereocenters. The van der Waals surface area contributed by atoms with Crippen LogP contribution < -0.4 is 10.6 Å². The van der Waals surface area contributed by atoms with Crippen LogP contribution in [0.4, 0.5) is 10.9 Å². The van der Waals surface area contributed by atoms with Crippen molar-refractivity contribution in [2.75, 3.05) is 31.8 Å². The highest BCUT2D eigenvalue weighted by atomic mass is 32.1. The highest BCUT2D eigenvalue weighted by Gasteiger charge is 2.20. The predicted octanol–water partition coefficient (Wildman–Crippen LogP) is 2.12. The van der Waals surface area contributed by atoms with Crippen molar-refractivity contribution in [3.63, 3.8) is 0 Å². The molecular weight excluding hydrogens is 280 g/mol. The third-order valence-electron chi connectivity index (χ3n) is 2.57. The molecule has 0 saturated carbocycles. The fourth-order valence-corrected chi connectivity index (χ4v) is 3.13. The SMILES string of the molecule is CN(Cc1ccsc1)C(=O)c1sc(N(C)C)nc1N. The number of nitrogens with zero attached hydrogens (tertiary/aromatic N) is 3. The number of aromatic nitrogens is 1. The Labute approximate surface area is 120 Å². The summed E-state index contributed by atoms with van der Waals surface area (Å²) in [6.45, 7) is 0.580.